The number of nitrogens with one attached hydrogen (secondary N) is 1. The van der Waals surface area contributed by atoms with Crippen LogP contribution in [0, 0.1) is 5.92 Å². The Morgan fingerprint density at radius 3 is 2.65 bits per heavy atom. The van der Waals surface area contributed by atoms with E-state index in [4.69, 9.17) is 0 Å². The average Bonchev–Trinajstić information content (AvgIpc) is 2.28. The Morgan fingerprint density at radius 2 is 2.06 bits per heavy atom. The van der Waals surface area contributed by atoms with E-state index in [1.165, 1.54) is 0 Å². The molecule has 0 bridgehead atoms. The maximum absolute atomic E-state index is 11.8. The van der Waals surface area contributed by atoms with Crippen LogP contribution in [0.25, 0.3) is 0 Å². The largest absolute Gasteiger partial charge is 0.354 e. The van der Waals surface area contributed by atoms with Crippen molar-refractivity contribution in [2.24, 2.45) is 5.92 Å². The van der Waals surface area contributed by atoms with E-state index in [2.05, 4.69) is 45.1 Å². The number of rotatable bonds is 4. The minimum absolute atomic E-state index is 0.0888. The smallest absolute Gasteiger partial charge is 0.234 e. The summed E-state index contributed by atoms with van der Waals surface area (Å²) in [4.78, 5) is 16.4. The number of carbonyl (C=O) groups is 1. The van der Waals surface area contributed by atoms with E-state index in [0.29, 0.717) is 12.0 Å². The molecule has 0 spiro atoms. The summed E-state index contributed by atoms with van der Waals surface area (Å²) in [5, 5.41) is 3.03. The van der Waals surface area contributed by atoms with Gasteiger partial charge >= 0.3 is 0 Å². The summed E-state index contributed by atoms with van der Waals surface area (Å²) in [6.07, 6.45) is 0. The molecule has 1 fully saturated rings. The van der Waals surface area contributed by atoms with E-state index in [9.17, 15) is 4.79 Å². The number of amides is 1. The van der Waals surface area contributed by atoms with E-state index in [-0.39, 0.29) is 10.7 Å². The lowest BCUT2D eigenvalue weighted by atomic mass is 10.1. The number of likely N-dealkylation sites (N-methyl/N-ethyl adjacent to an activating group) is 2. The Balaban J connectivity index is 2.36. The molecule has 1 aliphatic rings. The molecule has 5 heteroatoms. The summed E-state index contributed by atoms with van der Waals surface area (Å²) in [5.74, 6) is 0.420. The van der Waals surface area contributed by atoms with Gasteiger partial charge in [-0.15, -0.1) is 0 Å². The third-order valence-corrected chi connectivity index (χ3v) is 4.80. The standard InChI is InChI=1S/C12H24BrN3O/c1-9(2)11(13)12(17)14-7-10-8-15(3)5-6-16(10)4/h9-11H,5-8H2,1-4H3,(H,14,17). The molecule has 4 nitrogen and oxygen atoms in total. The lowest BCUT2D eigenvalue weighted by Crippen LogP contribution is -2.55. The first-order valence-corrected chi connectivity index (χ1v) is 7.14. The lowest BCUT2D eigenvalue weighted by Gasteiger charge is -2.37. The Hall–Kier alpha value is -0.130. The van der Waals surface area contributed by atoms with Gasteiger partial charge in [0.25, 0.3) is 0 Å². The van der Waals surface area contributed by atoms with Crippen LogP contribution in [0.15, 0.2) is 0 Å². The van der Waals surface area contributed by atoms with E-state index in [1.54, 1.807) is 0 Å². The normalized spacial score (nSPS) is 24.9. The van der Waals surface area contributed by atoms with Crippen LogP contribution in [0.1, 0.15) is 13.8 Å². The molecule has 0 aliphatic carbocycles. The van der Waals surface area contributed by atoms with Crippen LogP contribution in [0.5, 0.6) is 0 Å². The zero-order valence-electron chi connectivity index (χ0n) is 11.2. The van der Waals surface area contributed by atoms with E-state index >= 15 is 0 Å². The van der Waals surface area contributed by atoms with Crippen molar-refractivity contribution in [3.05, 3.63) is 0 Å². The number of carbonyl (C=O) groups excluding carboxylic acids is 1. The molecule has 1 rings (SSSR count). The van der Waals surface area contributed by atoms with Crippen molar-refractivity contribution in [1.82, 2.24) is 15.1 Å². The highest BCUT2D eigenvalue weighted by Gasteiger charge is 2.24. The molecule has 2 unspecified atom stereocenters. The maximum atomic E-state index is 11.8. The topological polar surface area (TPSA) is 35.6 Å². The summed E-state index contributed by atoms with van der Waals surface area (Å²) in [6, 6.07) is 0.421. The fourth-order valence-electron chi connectivity index (χ4n) is 1.94. The van der Waals surface area contributed by atoms with Gasteiger partial charge in [0.2, 0.25) is 5.91 Å². The summed E-state index contributed by atoms with van der Waals surface area (Å²) in [7, 11) is 4.25. The van der Waals surface area contributed by atoms with Crippen molar-refractivity contribution < 1.29 is 4.79 Å². The van der Waals surface area contributed by atoms with Gasteiger partial charge in [0.1, 0.15) is 0 Å². The van der Waals surface area contributed by atoms with Crippen molar-refractivity contribution in [3.8, 4) is 0 Å². The minimum Gasteiger partial charge on any atom is -0.354 e. The summed E-state index contributed by atoms with van der Waals surface area (Å²) in [6.45, 7) is 8.01. The summed E-state index contributed by atoms with van der Waals surface area (Å²) >= 11 is 3.42. The maximum Gasteiger partial charge on any atom is 0.234 e. The van der Waals surface area contributed by atoms with Crippen molar-refractivity contribution in [2.75, 3.05) is 40.3 Å². The highest BCUT2D eigenvalue weighted by molar-refractivity contribution is 9.10. The van der Waals surface area contributed by atoms with Gasteiger partial charge < -0.3 is 10.2 Å². The van der Waals surface area contributed by atoms with E-state index in [0.717, 1.165) is 26.2 Å². The van der Waals surface area contributed by atoms with Crippen LogP contribution >= 0.6 is 15.9 Å². The first-order valence-electron chi connectivity index (χ1n) is 6.22. The summed E-state index contributed by atoms with van der Waals surface area (Å²) in [5.41, 5.74) is 0. The zero-order valence-corrected chi connectivity index (χ0v) is 12.8. The second-order valence-corrected chi connectivity index (χ2v) is 6.27. The van der Waals surface area contributed by atoms with Gasteiger partial charge in [-0.1, -0.05) is 29.8 Å². The van der Waals surface area contributed by atoms with Crippen LogP contribution in [0.4, 0.5) is 0 Å². The number of halogens is 1. The second kappa shape index (κ2) is 6.71. The number of nitrogens with zero attached hydrogens (tertiary/aromatic N) is 2. The molecule has 0 saturated carbocycles. The highest BCUT2D eigenvalue weighted by Crippen LogP contribution is 2.12. The van der Waals surface area contributed by atoms with Gasteiger partial charge in [-0.2, -0.15) is 0 Å². The molecule has 100 valence electrons. The minimum atomic E-state index is -0.0888. The van der Waals surface area contributed by atoms with Gasteiger partial charge in [0.05, 0.1) is 4.83 Å². The van der Waals surface area contributed by atoms with Gasteiger partial charge in [0.15, 0.2) is 0 Å². The van der Waals surface area contributed by atoms with Crippen molar-refractivity contribution in [3.63, 3.8) is 0 Å². The number of alkyl halides is 1. The Kier molecular flexibility index (Phi) is 5.89. The Bertz CT molecular complexity index is 260. The summed E-state index contributed by atoms with van der Waals surface area (Å²) < 4.78 is 0. The van der Waals surface area contributed by atoms with Crippen LogP contribution in [0.2, 0.25) is 0 Å². The predicted molar refractivity (Wildman–Crippen MR) is 74.5 cm³/mol. The van der Waals surface area contributed by atoms with Gasteiger partial charge in [-0.05, 0) is 20.0 Å². The molecule has 1 heterocycles. The van der Waals surface area contributed by atoms with Crippen LogP contribution in [0.3, 0.4) is 0 Å². The molecule has 17 heavy (non-hydrogen) atoms. The molecule has 0 aromatic heterocycles. The van der Waals surface area contributed by atoms with Gasteiger partial charge in [-0.3, -0.25) is 9.69 Å². The number of hydrogen-bond donors (Lipinski definition) is 1. The van der Waals surface area contributed by atoms with Crippen LogP contribution < -0.4 is 5.32 Å². The van der Waals surface area contributed by atoms with E-state index in [1.807, 2.05) is 13.8 Å². The fraction of sp³-hybridized carbons (Fsp3) is 0.917. The fourth-order valence-corrected chi connectivity index (χ4v) is 2.10. The lowest BCUT2D eigenvalue weighted by molar-refractivity contribution is -0.121. The van der Waals surface area contributed by atoms with Crippen LogP contribution in [-0.2, 0) is 4.79 Å². The molecular weight excluding hydrogens is 282 g/mol. The number of piperazine rings is 1. The molecule has 1 aliphatic heterocycles. The molecule has 2 atom stereocenters. The van der Waals surface area contributed by atoms with Gasteiger partial charge in [0, 0.05) is 32.2 Å². The first-order chi connectivity index (χ1) is 7.91. The number of hydrogen-bond acceptors (Lipinski definition) is 3. The SMILES string of the molecule is CC(C)C(Br)C(=O)NCC1CN(C)CCN1C. The molecule has 1 amide bonds. The molecule has 0 aromatic carbocycles. The molecular formula is C12H24BrN3O. The van der Waals surface area contributed by atoms with Crippen LogP contribution in [-0.4, -0.2) is 66.9 Å². The second-order valence-electron chi connectivity index (χ2n) is 5.29. The zero-order chi connectivity index (χ0) is 13.0. The third-order valence-electron chi connectivity index (χ3n) is 3.33. The highest BCUT2D eigenvalue weighted by atomic mass is 79.9. The molecule has 0 radical (unpaired) electrons. The third kappa shape index (κ3) is 4.56. The van der Waals surface area contributed by atoms with Gasteiger partial charge in [-0.25, -0.2) is 0 Å². The predicted octanol–water partition coefficient (Wildman–Crippen LogP) is 0.768. The van der Waals surface area contributed by atoms with Crippen molar-refractivity contribution in [1.29, 1.82) is 0 Å². The molecule has 1 saturated heterocycles. The van der Waals surface area contributed by atoms with Crippen molar-refractivity contribution in [2.45, 2.75) is 24.7 Å². The average molecular weight is 306 g/mol. The Morgan fingerprint density at radius 1 is 1.41 bits per heavy atom. The molecule has 1 N–H and O–H groups in total. The van der Waals surface area contributed by atoms with E-state index < -0.39 is 0 Å². The van der Waals surface area contributed by atoms with Crippen molar-refractivity contribution >= 4 is 21.8 Å². The Labute approximate surface area is 113 Å². The molecule has 0 aromatic rings. The first kappa shape index (κ1) is 14.9. The monoisotopic (exact) mass is 305 g/mol. The quantitative estimate of drug-likeness (QED) is 0.779.